The lowest BCUT2D eigenvalue weighted by Gasteiger charge is -2.39. The maximum absolute atomic E-state index is 12.3. The lowest BCUT2D eigenvalue weighted by atomic mass is 9.97. The molecule has 1 aliphatic heterocycles. The first-order chi connectivity index (χ1) is 9.10. The minimum absolute atomic E-state index is 0.0869. The predicted octanol–water partition coefficient (Wildman–Crippen LogP) is 1.92. The van der Waals surface area contributed by atoms with Crippen molar-refractivity contribution in [1.29, 1.82) is 0 Å². The van der Waals surface area contributed by atoms with E-state index in [0.29, 0.717) is 6.04 Å². The molecule has 0 aromatic rings. The van der Waals surface area contributed by atoms with Crippen LogP contribution in [0.1, 0.15) is 59.3 Å². The monoisotopic (exact) mass is 270 g/mol. The van der Waals surface area contributed by atoms with Gasteiger partial charge < -0.3 is 10.4 Å². The van der Waals surface area contributed by atoms with Crippen LogP contribution in [0.15, 0.2) is 0 Å². The van der Waals surface area contributed by atoms with Gasteiger partial charge in [-0.1, -0.05) is 19.8 Å². The molecule has 2 N–H and O–H groups in total. The number of carbonyl (C=O) groups excluding carboxylic acids is 1. The van der Waals surface area contributed by atoms with Crippen LogP contribution < -0.4 is 5.32 Å². The van der Waals surface area contributed by atoms with Gasteiger partial charge in [-0.15, -0.1) is 0 Å². The van der Waals surface area contributed by atoms with Gasteiger partial charge in [0.1, 0.15) is 0 Å². The first-order valence-electron chi connectivity index (χ1n) is 7.77. The largest absolute Gasteiger partial charge is 0.396 e. The zero-order valence-electron chi connectivity index (χ0n) is 12.7. The van der Waals surface area contributed by atoms with Gasteiger partial charge in [0.25, 0.3) is 0 Å². The summed E-state index contributed by atoms with van der Waals surface area (Å²) in [4.78, 5) is 14.5. The van der Waals surface area contributed by atoms with E-state index in [-0.39, 0.29) is 24.6 Å². The third-order valence-electron chi connectivity index (χ3n) is 4.12. The van der Waals surface area contributed by atoms with Crippen LogP contribution in [0.25, 0.3) is 0 Å². The quantitative estimate of drug-likeness (QED) is 0.743. The first-order valence-corrected chi connectivity index (χ1v) is 7.77. The zero-order valence-corrected chi connectivity index (χ0v) is 12.7. The first kappa shape index (κ1) is 16.4. The van der Waals surface area contributed by atoms with Gasteiger partial charge in [-0.25, -0.2) is 0 Å². The summed E-state index contributed by atoms with van der Waals surface area (Å²) in [5, 5.41) is 12.2. The van der Waals surface area contributed by atoms with Crippen molar-refractivity contribution in [3.05, 3.63) is 0 Å². The Kier molecular flexibility index (Phi) is 7.39. The molecule has 0 spiro atoms. The minimum atomic E-state index is -0.0869. The van der Waals surface area contributed by atoms with Gasteiger partial charge in [0.05, 0.1) is 6.04 Å². The number of carbonyl (C=O) groups is 1. The van der Waals surface area contributed by atoms with E-state index in [1.165, 1.54) is 6.42 Å². The Morgan fingerprint density at radius 1 is 1.42 bits per heavy atom. The Bertz CT molecular complexity index is 269. The van der Waals surface area contributed by atoms with Gasteiger partial charge >= 0.3 is 0 Å². The molecule has 0 bridgehead atoms. The molecular weight excluding hydrogens is 240 g/mol. The van der Waals surface area contributed by atoms with E-state index < -0.39 is 0 Å². The van der Waals surface area contributed by atoms with Crippen LogP contribution in [0.3, 0.4) is 0 Å². The van der Waals surface area contributed by atoms with Crippen LogP contribution >= 0.6 is 0 Å². The summed E-state index contributed by atoms with van der Waals surface area (Å²) in [6.45, 7) is 7.37. The highest BCUT2D eigenvalue weighted by Gasteiger charge is 2.30. The molecule has 1 rings (SSSR count). The summed E-state index contributed by atoms with van der Waals surface area (Å²) >= 11 is 0. The van der Waals surface area contributed by atoms with Crippen molar-refractivity contribution in [3.63, 3.8) is 0 Å². The van der Waals surface area contributed by atoms with E-state index >= 15 is 0 Å². The van der Waals surface area contributed by atoms with Crippen molar-refractivity contribution >= 4 is 5.91 Å². The van der Waals surface area contributed by atoms with Gasteiger partial charge in [-0.05, 0) is 46.1 Å². The van der Waals surface area contributed by atoms with Crippen molar-refractivity contribution in [2.75, 3.05) is 13.2 Å². The Labute approximate surface area is 117 Å². The van der Waals surface area contributed by atoms with Crippen LogP contribution in [0.4, 0.5) is 0 Å². The summed E-state index contributed by atoms with van der Waals surface area (Å²) in [6, 6.07) is 0.526. The average molecular weight is 270 g/mol. The molecule has 1 heterocycles. The van der Waals surface area contributed by atoms with E-state index in [0.717, 1.165) is 38.6 Å². The summed E-state index contributed by atoms with van der Waals surface area (Å²) in [5.41, 5.74) is 0. The number of nitrogens with zero attached hydrogens (tertiary/aromatic N) is 1. The second-order valence-corrected chi connectivity index (χ2v) is 5.77. The number of likely N-dealkylation sites (tertiary alicyclic amines) is 1. The molecule has 112 valence electrons. The smallest absolute Gasteiger partial charge is 0.237 e. The summed E-state index contributed by atoms with van der Waals surface area (Å²) in [7, 11) is 0. The second-order valence-electron chi connectivity index (χ2n) is 5.77. The normalized spacial score (nSPS) is 23.9. The fourth-order valence-electron chi connectivity index (χ4n) is 3.01. The molecule has 0 saturated carbocycles. The van der Waals surface area contributed by atoms with Crippen molar-refractivity contribution in [2.24, 2.45) is 0 Å². The van der Waals surface area contributed by atoms with Gasteiger partial charge in [0, 0.05) is 18.7 Å². The highest BCUT2D eigenvalue weighted by molar-refractivity contribution is 5.81. The standard InChI is InChI=1S/C15H30N2O2/c1-4-7-12(2)16-15(19)13(3)17-10-6-5-8-14(17)9-11-18/h12-14,18H,4-11H2,1-3H3,(H,16,19). The van der Waals surface area contributed by atoms with Gasteiger partial charge in [0.15, 0.2) is 0 Å². The van der Waals surface area contributed by atoms with E-state index in [1.54, 1.807) is 0 Å². The maximum atomic E-state index is 12.3. The Hall–Kier alpha value is -0.610. The molecule has 0 aromatic carbocycles. The average Bonchev–Trinajstić information content (AvgIpc) is 2.39. The molecule has 4 heteroatoms. The fourth-order valence-corrected chi connectivity index (χ4v) is 3.01. The van der Waals surface area contributed by atoms with Crippen LogP contribution in [0.5, 0.6) is 0 Å². The van der Waals surface area contributed by atoms with Crippen LogP contribution in [-0.2, 0) is 4.79 Å². The summed E-state index contributed by atoms with van der Waals surface area (Å²) < 4.78 is 0. The fraction of sp³-hybridized carbons (Fsp3) is 0.933. The number of amides is 1. The topological polar surface area (TPSA) is 52.6 Å². The van der Waals surface area contributed by atoms with Crippen molar-refractivity contribution in [3.8, 4) is 0 Å². The Morgan fingerprint density at radius 3 is 2.79 bits per heavy atom. The molecule has 4 nitrogen and oxygen atoms in total. The number of aliphatic hydroxyl groups is 1. The Balaban J connectivity index is 2.52. The maximum Gasteiger partial charge on any atom is 0.237 e. The van der Waals surface area contributed by atoms with Crippen LogP contribution in [-0.4, -0.2) is 47.2 Å². The molecule has 1 amide bonds. The lowest BCUT2D eigenvalue weighted by Crippen LogP contribution is -2.53. The molecule has 3 unspecified atom stereocenters. The predicted molar refractivity (Wildman–Crippen MR) is 78.0 cm³/mol. The molecule has 0 aromatic heterocycles. The molecular formula is C15H30N2O2. The van der Waals surface area contributed by atoms with Gasteiger partial charge in [0.2, 0.25) is 5.91 Å². The van der Waals surface area contributed by atoms with Gasteiger partial charge in [-0.2, -0.15) is 0 Å². The third kappa shape index (κ3) is 5.11. The third-order valence-corrected chi connectivity index (χ3v) is 4.12. The number of nitrogens with one attached hydrogen (secondary N) is 1. The SMILES string of the molecule is CCCC(C)NC(=O)C(C)N1CCCCC1CCO. The summed E-state index contributed by atoms with van der Waals surface area (Å²) in [6.07, 6.45) is 6.36. The van der Waals surface area contributed by atoms with Crippen molar-refractivity contribution in [1.82, 2.24) is 10.2 Å². The number of aliphatic hydroxyl groups excluding tert-OH is 1. The van der Waals surface area contributed by atoms with Crippen LogP contribution in [0.2, 0.25) is 0 Å². The molecule has 0 radical (unpaired) electrons. The number of rotatable bonds is 7. The highest BCUT2D eigenvalue weighted by Crippen LogP contribution is 2.22. The second kappa shape index (κ2) is 8.54. The molecule has 0 aliphatic carbocycles. The van der Waals surface area contributed by atoms with E-state index in [9.17, 15) is 4.79 Å². The zero-order chi connectivity index (χ0) is 14.3. The molecule has 1 fully saturated rings. The number of hydrogen-bond acceptors (Lipinski definition) is 3. The number of hydrogen-bond donors (Lipinski definition) is 2. The Morgan fingerprint density at radius 2 is 2.16 bits per heavy atom. The molecule has 19 heavy (non-hydrogen) atoms. The van der Waals surface area contributed by atoms with Crippen LogP contribution in [0, 0.1) is 0 Å². The molecule has 3 atom stereocenters. The minimum Gasteiger partial charge on any atom is -0.396 e. The van der Waals surface area contributed by atoms with Gasteiger partial charge in [-0.3, -0.25) is 9.69 Å². The van der Waals surface area contributed by atoms with E-state index in [4.69, 9.17) is 5.11 Å². The molecule has 1 aliphatic rings. The van der Waals surface area contributed by atoms with Crippen molar-refractivity contribution < 1.29 is 9.90 Å². The number of piperidine rings is 1. The highest BCUT2D eigenvalue weighted by atomic mass is 16.3. The van der Waals surface area contributed by atoms with E-state index in [1.807, 2.05) is 6.92 Å². The summed E-state index contributed by atoms with van der Waals surface area (Å²) in [5.74, 6) is 0.130. The van der Waals surface area contributed by atoms with E-state index in [2.05, 4.69) is 24.1 Å². The lowest BCUT2D eigenvalue weighted by molar-refractivity contribution is -0.128. The van der Waals surface area contributed by atoms with Crippen molar-refractivity contribution in [2.45, 2.75) is 77.4 Å². The molecule has 1 saturated heterocycles.